The summed E-state index contributed by atoms with van der Waals surface area (Å²) in [4.78, 5) is 33.4. The van der Waals surface area contributed by atoms with E-state index in [0.717, 1.165) is 17.5 Å². The average molecular weight is 478 g/mol. The molecular weight excluding hydrogens is 438 g/mol. The summed E-state index contributed by atoms with van der Waals surface area (Å²) in [6, 6.07) is 16.5. The molecule has 0 atom stereocenters. The lowest BCUT2D eigenvalue weighted by Gasteiger charge is -2.29. The molecule has 1 N–H and O–H groups in total. The molecule has 3 aromatic rings. The molecule has 188 valence electrons. The van der Waals surface area contributed by atoms with Gasteiger partial charge in [0.1, 0.15) is 0 Å². The van der Waals surface area contributed by atoms with E-state index < -0.39 is 0 Å². The molecule has 0 aliphatic heterocycles. The van der Waals surface area contributed by atoms with Crippen LogP contribution >= 0.6 is 0 Å². The minimum Gasteiger partial charge on any atom is -0.383 e. The van der Waals surface area contributed by atoms with Gasteiger partial charge in [-0.3, -0.25) is 9.59 Å². The van der Waals surface area contributed by atoms with Crippen molar-refractivity contribution in [3.8, 4) is 0 Å². The Morgan fingerprint density at radius 1 is 0.943 bits per heavy atom. The fraction of sp³-hybridized carbons (Fsp3) is 0.448. The molecule has 0 bridgehead atoms. The van der Waals surface area contributed by atoms with Gasteiger partial charge in [0.15, 0.2) is 0 Å². The molecule has 2 amide bonds. The maximum absolute atomic E-state index is 13.6. The third kappa shape index (κ3) is 7.96. The van der Waals surface area contributed by atoms with Crippen LogP contribution < -0.4 is 0 Å². The van der Waals surface area contributed by atoms with Crippen LogP contribution in [0.3, 0.4) is 0 Å². The molecule has 6 heteroatoms. The summed E-state index contributed by atoms with van der Waals surface area (Å²) >= 11 is 0. The molecule has 2 aromatic carbocycles. The number of nitrogens with zero attached hydrogens (tertiary/aromatic N) is 2. The van der Waals surface area contributed by atoms with E-state index in [1.54, 1.807) is 12.0 Å². The molecule has 0 aliphatic carbocycles. The highest BCUT2D eigenvalue weighted by molar-refractivity contribution is 5.85. The van der Waals surface area contributed by atoms with Crippen molar-refractivity contribution in [1.82, 2.24) is 14.8 Å². The van der Waals surface area contributed by atoms with Crippen molar-refractivity contribution in [1.29, 1.82) is 0 Å². The summed E-state index contributed by atoms with van der Waals surface area (Å²) in [5, 5.41) is 1.18. The molecule has 0 radical (unpaired) electrons. The number of hydrogen-bond donors (Lipinski definition) is 1. The van der Waals surface area contributed by atoms with Crippen LogP contribution in [-0.4, -0.2) is 59.9 Å². The van der Waals surface area contributed by atoms with Gasteiger partial charge in [-0.25, -0.2) is 0 Å². The van der Waals surface area contributed by atoms with E-state index in [9.17, 15) is 9.59 Å². The minimum absolute atomic E-state index is 0.0187. The minimum atomic E-state index is -0.150. The van der Waals surface area contributed by atoms with E-state index in [2.05, 4.69) is 48.3 Å². The summed E-state index contributed by atoms with van der Waals surface area (Å²) in [7, 11) is 1.61. The van der Waals surface area contributed by atoms with Crippen LogP contribution in [0.4, 0.5) is 0 Å². The second-order valence-electron chi connectivity index (χ2n) is 10.5. The third-order valence-electron chi connectivity index (χ3n) is 6.10. The summed E-state index contributed by atoms with van der Waals surface area (Å²) in [5.74, 6) is -0.0707. The van der Waals surface area contributed by atoms with Crippen LogP contribution in [0.15, 0.2) is 54.7 Å². The predicted molar refractivity (Wildman–Crippen MR) is 141 cm³/mol. The smallest absolute Gasteiger partial charge is 0.242 e. The quantitative estimate of drug-likeness (QED) is 0.425. The lowest BCUT2D eigenvalue weighted by Crippen LogP contribution is -2.45. The largest absolute Gasteiger partial charge is 0.383 e. The van der Waals surface area contributed by atoms with Crippen LogP contribution in [0.25, 0.3) is 10.9 Å². The zero-order valence-electron chi connectivity index (χ0n) is 21.8. The van der Waals surface area contributed by atoms with Crippen molar-refractivity contribution in [3.63, 3.8) is 0 Å². The maximum Gasteiger partial charge on any atom is 0.242 e. The molecular formula is C29H39N3O3. The number of nitrogens with one attached hydrogen (secondary N) is 1. The number of para-hydroxylation sites is 1. The summed E-state index contributed by atoms with van der Waals surface area (Å²) < 4.78 is 5.22. The number of benzene rings is 2. The Hall–Kier alpha value is -3.12. The van der Waals surface area contributed by atoms with Crippen LogP contribution in [0.5, 0.6) is 0 Å². The molecule has 0 saturated carbocycles. The first-order chi connectivity index (χ1) is 16.7. The SMILES string of the molecule is COCCN(CC(=O)N(CCc1c[nH]c2ccccc12)Cc1ccc(C)cc1)C(=O)CC(C)(C)C. The van der Waals surface area contributed by atoms with Gasteiger partial charge in [-0.1, -0.05) is 68.8 Å². The highest BCUT2D eigenvalue weighted by atomic mass is 16.5. The molecule has 0 unspecified atom stereocenters. The fourth-order valence-corrected chi connectivity index (χ4v) is 4.12. The average Bonchev–Trinajstić information content (AvgIpc) is 3.22. The number of ether oxygens (including phenoxy) is 1. The van der Waals surface area contributed by atoms with Gasteiger partial charge >= 0.3 is 0 Å². The van der Waals surface area contributed by atoms with E-state index in [1.165, 1.54) is 16.5 Å². The number of aromatic amines is 1. The zero-order valence-corrected chi connectivity index (χ0v) is 21.8. The third-order valence-corrected chi connectivity index (χ3v) is 6.10. The Balaban J connectivity index is 1.77. The van der Waals surface area contributed by atoms with E-state index in [-0.39, 0.29) is 23.8 Å². The Morgan fingerprint density at radius 2 is 1.66 bits per heavy atom. The number of H-pyrrole nitrogens is 1. The molecule has 1 heterocycles. The van der Waals surface area contributed by atoms with Crippen LogP contribution in [0.1, 0.15) is 43.9 Å². The Kier molecular flexibility index (Phi) is 9.10. The molecule has 0 aliphatic rings. The van der Waals surface area contributed by atoms with Crippen LogP contribution in [0.2, 0.25) is 0 Å². The number of methoxy groups -OCH3 is 1. The first-order valence-electron chi connectivity index (χ1n) is 12.3. The lowest BCUT2D eigenvalue weighted by atomic mass is 9.91. The summed E-state index contributed by atoms with van der Waals surface area (Å²) in [5.41, 5.74) is 4.39. The number of carbonyl (C=O) groups excluding carboxylic acids is 2. The normalized spacial score (nSPS) is 11.6. The molecule has 0 fully saturated rings. The van der Waals surface area contributed by atoms with Gasteiger partial charge in [0.25, 0.3) is 0 Å². The first-order valence-corrected chi connectivity index (χ1v) is 12.3. The number of aromatic nitrogens is 1. The predicted octanol–water partition coefficient (Wildman–Crippen LogP) is 4.96. The van der Waals surface area contributed by atoms with Gasteiger partial charge in [-0.2, -0.15) is 0 Å². The monoisotopic (exact) mass is 477 g/mol. The highest BCUT2D eigenvalue weighted by Gasteiger charge is 2.25. The molecule has 1 aromatic heterocycles. The topological polar surface area (TPSA) is 65.6 Å². The number of rotatable bonds is 11. The highest BCUT2D eigenvalue weighted by Crippen LogP contribution is 2.21. The first kappa shape index (κ1) is 26.5. The van der Waals surface area contributed by atoms with Crippen LogP contribution in [0, 0.1) is 12.3 Å². The standard InChI is InChI=1S/C29H39N3O3/c1-22-10-12-23(13-11-22)20-31(15-14-24-19-30-26-9-7-6-8-25(24)26)28(34)21-32(16-17-35-5)27(33)18-29(2,3)4/h6-13,19,30H,14-18,20-21H2,1-5H3. The second kappa shape index (κ2) is 12.0. The summed E-state index contributed by atoms with van der Waals surface area (Å²) in [6.07, 6.45) is 3.14. The molecule has 35 heavy (non-hydrogen) atoms. The van der Waals surface area contributed by atoms with Gasteiger partial charge < -0.3 is 19.5 Å². The van der Waals surface area contributed by atoms with Crippen molar-refractivity contribution in [2.45, 2.75) is 47.1 Å². The number of aryl methyl sites for hydroxylation is 1. The summed E-state index contributed by atoms with van der Waals surface area (Å²) in [6.45, 7) is 10.1. The number of carbonyl (C=O) groups is 2. The van der Waals surface area contributed by atoms with Gasteiger partial charge in [-0.05, 0) is 36.0 Å². The van der Waals surface area contributed by atoms with Crippen molar-refractivity contribution in [2.75, 3.05) is 33.4 Å². The Bertz CT molecular complexity index is 1110. The zero-order chi connectivity index (χ0) is 25.4. The second-order valence-corrected chi connectivity index (χ2v) is 10.5. The Morgan fingerprint density at radius 3 is 2.34 bits per heavy atom. The van der Waals surface area contributed by atoms with Crippen molar-refractivity contribution in [3.05, 3.63) is 71.4 Å². The van der Waals surface area contributed by atoms with Gasteiger partial charge in [0.2, 0.25) is 11.8 Å². The number of hydrogen-bond acceptors (Lipinski definition) is 3. The number of fused-ring (bicyclic) bond motifs is 1. The van der Waals surface area contributed by atoms with Gasteiger partial charge in [0.05, 0.1) is 13.2 Å². The van der Waals surface area contributed by atoms with E-state index in [0.29, 0.717) is 32.7 Å². The van der Waals surface area contributed by atoms with E-state index in [4.69, 9.17) is 4.74 Å². The van der Waals surface area contributed by atoms with Crippen molar-refractivity contribution < 1.29 is 14.3 Å². The Labute approximate surface area is 209 Å². The van der Waals surface area contributed by atoms with E-state index in [1.807, 2.05) is 44.0 Å². The lowest BCUT2D eigenvalue weighted by molar-refractivity contribution is -0.142. The van der Waals surface area contributed by atoms with Crippen LogP contribution in [-0.2, 0) is 27.3 Å². The maximum atomic E-state index is 13.6. The molecule has 3 rings (SSSR count). The number of amides is 2. The molecule has 6 nitrogen and oxygen atoms in total. The van der Waals surface area contributed by atoms with Crippen molar-refractivity contribution >= 4 is 22.7 Å². The fourth-order valence-electron chi connectivity index (χ4n) is 4.12. The van der Waals surface area contributed by atoms with E-state index >= 15 is 0 Å². The molecule has 0 saturated heterocycles. The van der Waals surface area contributed by atoms with Crippen molar-refractivity contribution in [2.24, 2.45) is 5.41 Å². The van der Waals surface area contributed by atoms with Gasteiger partial charge in [0, 0.05) is 50.3 Å². The van der Waals surface area contributed by atoms with Gasteiger partial charge in [-0.15, -0.1) is 0 Å². The molecule has 0 spiro atoms.